The highest BCUT2D eigenvalue weighted by Gasteiger charge is 2.50. The minimum atomic E-state index is -0.609. The molecule has 4 atom stereocenters. The van der Waals surface area contributed by atoms with Gasteiger partial charge >= 0.3 is 5.97 Å². The number of fused-ring (bicyclic) bond motifs is 1. The van der Waals surface area contributed by atoms with Gasteiger partial charge in [-0.15, -0.1) is 0 Å². The number of esters is 1. The Morgan fingerprint density at radius 2 is 1.83 bits per heavy atom. The Morgan fingerprint density at radius 1 is 1.03 bits per heavy atom. The summed E-state index contributed by atoms with van der Waals surface area (Å²) in [6.07, 6.45) is 4.59. The van der Waals surface area contributed by atoms with Crippen LogP contribution < -0.4 is 19.3 Å². The van der Waals surface area contributed by atoms with Gasteiger partial charge in [0.2, 0.25) is 17.7 Å². The zero-order chi connectivity index (χ0) is 25.6. The average Bonchev–Trinajstić information content (AvgIpc) is 3.37. The van der Waals surface area contributed by atoms with Crippen molar-refractivity contribution in [2.75, 3.05) is 23.5 Å². The van der Waals surface area contributed by atoms with Crippen molar-refractivity contribution in [2.24, 2.45) is 23.7 Å². The average molecular weight is 489 g/mol. The van der Waals surface area contributed by atoms with E-state index in [9.17, 15) is 19.2 Å². The van der Waals surface area contributed by atoms with Gasteiger partial charge < -0.3 is 14.4 Å². The highest BCUT2D eigenvalue weighted by atomic mass is 16.5. The molecule has 3 amide bonds. The molecule has 0 radical (unpaired) electrons. The molecule has 0 bridgehead atoms. The van der Waals surface area contributed by atoms with Crippen LogP contribution >= 0.6 is 0 Å². The molecule has 8 nitrogen and oxygen atoms in total. The molecule has 186 valence electrons. The summed E-state index contributed by atoms with van der Waals surface area (Å²) < 4.78 is 10.8. The lowest BCUT2D eigenvalue weighted by Crippen LogP contribution is -2.32. The van der Waals surface area contributed by atoms with Crippen LogP contribution in [-0.2, 0) is 19.2 Å². The highest BCUT2D eigenvalue weighted by Crippen LogP contribution is 2.41. The van der Waals surface area contributed by atoms with E-state index in [1.807, 2.05) is 19.1 Å². The number of anilines is 2. The first-order chi connectivity index (χ1) is 17.3. The molecule has 0 aromatic heterocycles. The molecule has 0 unspecified atom stereocenters. The van der Waals surface area contributed by atoms with E-state index in [2.05, 4.69) is 0 Å². The number of ether oxygens (including phenoxy) is 2. The van der Waals surface area contributed by atoms with Gasteiger partial charge in [-0.1, -0.05) is 25.1 Å². The van der Waals surface area contributed by atoms with Crippen LogP contribution in [0.3, 0.4) is 0 Å². The van der Waals surface area contributed by atoms with E-state index in [1.165, 1.54) is 4.90 Å². The predicted molar refractivity (Wildman–Crippen MR) is 133 cm³/mol. The number of hydrogen-bond donors (Lipinski definition) is 0. The normalized spacial score (nSPS) is 25.4. The van der Waals surface area contributed by atoms with Crippen molar-refractivity contribution in [3.05, 3.63) is 60.2 Å². The van der Waals surface area contributed by atoms with Crippen molar-refractivity contribution in [2.45, 2.75) is 26.7 Å². The second-order valence-electron chi connectivity index (χ2n) is 9.64. The molecule has 5 rings (SSSR count). The van der Waals surface area contributed by atoms with Gasteiger partial charge in [-0.2, -0.15) is 0 Å². The van der Waals surface area contributed by atoms with E-state index >= 15 is 0 Å². The van der Waals surface area contributed by atoms with E-state index in [0.29, 0.717) is 34.9 Å². The fraction of sp³-hybridized carbons (Fsp3) is 0.357. The maximum Gasteiger partial charge on any atom is 0.316 e. The van der Waals surface area contributed by atoms with Crippen LogP contribution in [0.1, 0.15) is 25.3 Å². The van der Waals surface area contributed by atoms with Crippen molar-refractivity contribution in [1.82, 2.24) is 0 Å². The summed E-state index contributed by atoms with van der Waals surface area (Å²) in [4.78, 5) is 54.4. The number of imide groups is 1. The van der Waals surface area contributed by atoms with Crippen LogP contribution in [0.15, 0.2) is 54.6 Å². The van der Waals surface area contributed by atoms with Gasteiger partial charge in [-0.05, 0) is 55.2 Å². The zero-order valence-corrected chi connectivity index (χ0v) is 20.5. The first-order valence-electron chi connectivity index (χ1n) is 12.1. The maximum absolute atomic E-state index is 13.1. The van der Waals surface area contributed by atoms with Gasteiger partial charge in [0.05, 0.1) is 30.6 Å². The molecule has 2 saturated heterocycles. The molecule has 2 aliphatic heterocycles. The molecule has 8 heteroatoms. The quantitative estimate of drug-likeness (QED) is 0.276. The largest absolute Gasteiger partial charge is 0.497 e. The molecule has 3 aliphatic rings. The lowest BCUT2D eigenvalue weighted by molar-refractivity contribution is -0.139. The second-order valence-corrected chi connectivity index (χ2v) is 9.64. The molecule has 0 N–H and O–H groups in total. The summed E-state index contributed by atoms with van der Waals surface area (Å²) in [5, 5.41) is 0. The van der Waals surface area contributed by atoms with Crippen molar-refractivity contribution in [1.29, 1.82) is 0 Å². The maximum atomic E-state index is 13.1. The summed E-state index contributed by atoms with van der Waals surface area (Å²) in [7, 11) is 1.55. The van der Waals surface area contributed by atoms with Gasteiger partial charge in [0, 0.05) is 24.7 Å². The molecule has 2 fully saturated rings. The SMILES string of the molecule is COc1cccc(N2C[C@H](C(=O)Oc3ccc(N4C(=O)[C@@H]5[C@@H](C)C=CC[C@H]5C4=O)c(C)c3)CC2=O)c1. The topological polar surface area (TPSA) is 93.2 Å². The zero-order valence-electron chi connectivity index (χ0n) is 20.5. The number of hydrogen-bond acceptors (Lipinski definition) is 6. The predicted octanol–water partition coefficient (Wildman–Crippen LogP) is 3.66. The molecule has 36 heavy (non-hydrogen) atoms. The molecule has 0 spiro atoms. The number of aryl methyl sites for hydroxylation is 1. The van der Waals surface area contributed by atoms with Crippen LogP contribution in [0, 0.1) is 30.6 Å². The summed E-state index contributed by atoms with van der Waals surface area (Å²) in [5.74, 6) is -1.37. The van der Waals surface area contributed by atoms with Gasteiger partial charge in [-0.3, -0.25) is 19.2 Å². The minimum Gasteiger partial charge on any atom is -0.497 e. The fourth-order valence-electron chi connectivity index (χ4n) is 5.42. The number of nitrogens with zero attached hydrogens (tertiary/aromatic N) is 2. The summed E-state index contributed by atoms with van der Waals surface area (Å²) in [6, 6.07) is 12.0. The van der Waals surface area contributed by atoms with Crippen molar-refractivity contribution >= 4 is 35.1 Å². The number of allylic oxidation sites excluding steroid dienone is 2. The Morgan fingerprint density at radius 3 is 2.56 bits per heavy atom. The Labute approximate surface area is 209 Å². The fourth-order valence-corrected chi connectivity index (χ4v) is 5.42. The number of methoxy groups -OCH3 is 1. The number of carbonyl (C=O) groups is 4. The summed E-state index contributed by atoms with van der Waals surface area (Å²) in [6.45, 7) is 3.95. The van der Waals surface area contributed by atoms with Crippen LogP contribution in [0.2, 0.25) is 0 Å². The lowest BCUT2D eigenvalue weighted by atomic mass is 9.78. The van der Waals surface area contributed by atoms with Crippen LogP contribution in [-0.4, -0.2) is 37.3 Å². The number of benzene rings is 2. The van der Waals surface area contributed by atoms with Crippen LogP contribution in [0.25, 0.3) is 0 Å². The monoisotopic (exact) mass is 488 g/mol. The van der Waals surface area contributed by atoms with E-state index < -0.39 is 11.9 Å². The van der Waals surface area contributed by atoms with E-state index in [-0.39, 0.29) is 48.4 Å². The van der Waals surface area contributed by atoms with Crippen LogP contribution in [0.5, 0.6) is 11.5 Å². The third kappa shape index (κ3) is 4.06. The highest BCUT2D eigenvalue weighted by molar-refractivity contribution is 6.22. The Kier molecular flexibility index (Phi) is 6.12. The van der Waals surface area contributed by atoms with Crippen molar-refractivity contribution < 1.29 is 28.7 Å². The number of rotatable bonds is 5. The third-order valence-corrected chi connectivity index (χ3v) is 7.32. The summed E-state index contributed by atoms with van der Waals surface area (Å²) in [5.41, 5.74) is 1.83. The van der Waals surface area contributed by atoms with Gasteiger partial charge in [-0.25, -0.2) is 4.90 Å². The molecular weight excluding hydrogens is 460 g/mol. The van der Waals surface area contributed by atoms with E-state index in [0.717, 1.165) is 0 Å². The van der Waals surface area contributed by atoms with E-state index in [1.54, 1.807) is 61.4 Å². The minimum absolute atomic E-state index is 0.0106. The van der Waals surface area contributed by atoms with Gasteiger partial charge in [0.25, 0.3) is 0 Å². The molecular formula is C28H28N2O6. The molecule has 2 aromatic carbocycles. The van der Waals surface area contributed by atoms with Crippen molar-refractivity contribution in [3.8, 4) is 11.5 Å². The molecule has 2 aromatic rings. The molecule has 2 heterocycles. The van der Waals surface area contributed by atoms with Crippen LogP contribution in [0.4, 0.5) is 11.4 Å². The standard InChI is InChI=1S/C28H28N2O6/c1-16-6-4-9-22-25(16)27(33)30(26(22)32)23-11-10-21(12-17(23)2)36-28(34)18-13-24(31)29(15-18)19-7-5-8-20(14-19)35-3/h4-8,10-12,14,16,18,22,25H,9,13,15H2,1-3H3/t16-,18+,22+,25+/m0/s1. The Hall–Kier alpha value is -3.94. The first kappa shape index (κ1) is 23.8. The molecule has 0 saturated carbocycles. The third-order valence-electron chi connectivity index (χ3n) is 7.32. The number of amides is 3. The van der Waals surface area contributed by atoms with E-state index in [4.69, 9.17) is 9.47 Å². The molecule has 1 aliphatic carbocycles. The van der Waals surface area contributed by atoms with Crippen molar-refractivity contribution in [3.63, 3.8) is 0 Å². The lowest BCUT2D eigenvalue weighted by Gasteiger charge is -2.22. The van der Waals surface area contributed by atoms with Gasteiger partial charge in [0.1, 0.15) is 11.5 Å². The Balaban J connectivity index is 1.28. The summed E-state index contributed by atoms with van der Waals surface area (Å²) >= 11 is 0. The Bertz CT molecular complexity index is 1280. The smallest absolute Gasteiger partial charge is 0.316 e. The number of carbonyl (C=O) groups excluding carboxylic acids is 4. The van der Waals surface area contributed by atoms with Gasteiger partial charge in [0.15, 0.2) is 0 Å². The first-order valence-corrected chi connectivity index (χ1v) is 12.1. The second kappa shape index (κ2) is 9.26.